The molecule has 3 aromatic carbocycles. The van der Waals surface area contributed by atoms with Crippen molar-refractivity contribution in [2.45, 2.75) is 13.1 Å². The van der Waals surface area contributed by atoms with Gasteiger partial charge in [0, 0.05) is 18.9 Å². The molecule has 4 rings (SSSR count). The van der Waals surface area contributed by atoms with Gasteiger partial charge in [0.25, 0.3) is 0 Å². The lowest BCUT2D eigenvalue weighted by atomic mass is 10.1. The smallest absolute Gasteiger partial charge is 0.0659 e. The number of anilines is 2. The van der Waals surface area contributed by atoms with Crippen LogP contribution in [0.4, 0.5) is 11.4 Å². The predicted molar refractivity (Wildman–Crippen MR) is 126 cm³/mol. The van der Waals surface area contributed by atoms with E-state index in [9.17, 15) is 0 Å². The monoisotopic (exact) mass is 397 g/mol. The highest BCUT2D eigenvalue weighted by atomic mass is 15.3. The fourth-order valence-electron chi connectivity index (χ4n) is 2.82. The molecule has 0 bridgehead atoms. The van der Waals surface area contributed by atoms with E-state index in [1.165, 1.54) is 5.56 Å². The Hall–Kier alpha value is -3.83. The lowest BCUT2D eigenvalue weighted by molar-refractivity contribution is 0.686. The number of hydrogen-bond donors (Lipinski definition) is 3. The summed E-state index contributed by atoms with van der Waals surface area (Å²) in [5.74, 6) is 0. The summed E-state index contributed by atoms with van der Waals surface area (Å²) in [5, 5.41) is 4.15. The summed E-state index contributed by atoms with van der Waals surface area (Å²) in [6.45, 7) is 1.42. The fraction of sp³-hybridized carbons (Fsp3) is 0.0800. The Bertz CT molecular complexity index is 1050. The Morgan fingerprint density at radius 3 is 2.07 bits per heavy atom. The van der Waals surface area contributed by atoms with Crippen LogP contribution < -0.4 is 17.2 Å². The minimum atomic E-state index is 0.599. The molecule has 1 aromatic heterocycles. The summed E-state index contributed by atoms with van der Waals surface area (Å²) in [6.07, 6.45) is 7.81. The maximum atomic E-state index is 5.73. The molecule has 1 heterocycles. The molecule has 5 heteroatoms. The SMILES string of the molecule is NCc1ccc(Cn2cccn2)cc1.Nc1ccc(C=Cc2ccccc2)cc1N. The molecule has 0 amide bonds. The van der Waals surface area contributed by atoms with E-state index in [2.05, 4.69) is 41.5 Å². The molecular formula is C25H27N5. The van der Waals surface area contributed by atoms with Crippen LogP contribution in [0.5, 0.6) is 0 Å². The summed E-state index contributed by atoms with van der Waals surface area (Å²) in [7, 11) is 0. The maximum absolute atomic E-state index is 5.73. The number of benzene rings is 3. The second-order valence-electron chi connectivity index (χ2n) is 6.86. The van der Waals surface area contributed by atoms with Gasteiger partial charge in [-0.1, -0.05) is 72.8 Å². The highest BCUT2D eigenvalue weighted by molar-refractivity contribution is 5.74. The third-order valence-electron chi connectivity index (χ3n) is 4.54. The van der Waals surface area contributed by atoms with Crippen molar-refractivity contribution in [3.05, 3.63) is 114 Å². The number of aromatic nitrogens is 2. The average molecular weight is 398 g/mol. The number of rotatable bonds is 5. The van der Waals surface area contributed by atoms with Gasteiger partial charge in [0.15, 0.2) is 0 Å². The second-order valence-corrected chi connectivity index (χ2v) is 6.86. The first-order valence-electron chi connectivity index (χ1n) is 9.77. The van der Waals surface area contributed by atoms with Crippen molar-refractivity contribution in [3.8, 4) is 0 Å². The van der Waals surface area contributed by atoms with Gasteiger partial charge in [0.2, 0.25) is 0 Å². The molecule has 152 valence electrons. The van der Waals surface area contributed by atoms with Gasteiger partial charge in [-0.3, -0.25) is 4.68 Å². The fourth-order valence-corrected chi connectivity index (χ4v) is 2.82. The van der Waals surface area contributed by atoms with Gasteiger partial charge < -0.3 is 17.2 Å². The summed E-state index contributed by atoms with van der Waals surface area (Å²) < 4.78 is 1.90. The van der Waals surface area contributed by atoms with E-state index in [4.69, 9.17) is 17.2 Å². The van der Waals surface area contributed by atoms with E-state index >= 15 is 0 Å². The minimum absolute atomic E-state index is 0.599. The molecule has 0 aliphatic rings. The van der Waals surface area contributed by atoms with Crippen molar-refractivity contribution < 1.29 is 0 Å². The van der Waals surface area contributed by atoms with Gasteiger partial charge in [-0.25, -0.2) is 0 Å². The van der Waals surface area contributed by atoms with Gasteiger partial charge in [-0.15, -0.1) is 0 Å². The zero-order valence-electron chi connectivity index (χ0n) is 16.9. The Morgan fingerprint density at radius 1 is 0.733 bits per heavy atom. The van der Waals surface area contributed by atoms with E-state index in [-0.39, 0.29) is 0 Å². The largest absolute Gasteiger partial charge is 0.397 e. The van der Waals surface area contributed by atoms with Crippen molar-refractivity contribution in [3.63, 3.8) is 0 Å². The van der Waals surface area contributed by atoms with Crippen molar-refractivity contribution in [1.82, 2.24) is 9.78 Å². The molecule has 4 aromatic rings. The molecule has 0 atom stereocenters. The van der Waals surface area contributed by atoms with Crippen LogP contribution in [-0.2, 0) is 13.1 Å². The Morgan fingerprint density at radius 2 is 1.43 bits per heavy atom. The van der Waals surface area contributed by atoms with Crippen LogP contribution in [-0.4, -0.2) is 9.78 Å². The summed E-state index contributed by atoms with van der Waals surface area (Å²) >= 11 is 0. The van der Waals surface area contributed by atoms with Crippen molar-refractivity contribution in [2.75, 3.05) is 11.5 Å². The highest BCUT2D eigenvalue weighted by Crippen LogP contribution is 2.17. The maximum Gasteiger partial charge on any atom is 0.0659 e. The summed E-state index contributed by atoms with van der Waals surface area (Å²) in [5.41, 5.74) is 22.8. The van der Waals surface area contributed by atoms with Crippen molar-refractivity contribution >= 4 is 23.5 Å². The van der Waals surface area contributed by atoms with Crippen LogP contribution in [0, 0.1) is 0 Å². The van der Waals surface area contributed by atoms with Gasteiger partial charge in [0.1, 0.15) is 0 Å². The lowest BCUT2D eigenvalue weighted by Crippen LogP contribution is -2.01. The molecule has 0 aliphatic heterocycles. The molecule has 0 radical (unpaired) electrons. The number of nitrogen functional groups attached to an aromatic ring is 2. The quantitative estimate of drug-likeness (QED) is 0.343. The minimum Gasteiger partial charge on any atom is -0.397 e. The molecule has 5 nitrogen and oxygen atoms in total. The first-order valence-corrected chi connectivity index (χ1v) is 9.77. The average Bonchev–Trinajstić information content (AvgIpc) is 3.29. The lowest BCUT2D eigenvalue weighted by Gasteiger charge is -2.02. The number of nitrogens with zero attached hydrogens (tertiary/aromatic N) is 2. The summed E-state index contributed by atoms with van der Waals surface area (Å²) in [4.78, 5) is 0. The Labute approximate surface area is 177 Å². The molecule has 0 unspecified atom stereocenters. The third-order valence-corrected chi connectivity index (χ3v) is 4.54. The zero-order valence-corrected chi connectivity index (χ0v) is 16.9. The predicted octanol–water partition coefficient (Wildman–Crippen LogP) is 4.41. The number of hydrogen-bond acceptors (Lipinski definition) is 4. The van der Waals surface area contributed by atoms with Crippen LogP contribution in [0.1, 0.15) is 22.3 Å². The Kier molecular flexibility index (Phi) is 7.41. The van der Waals surface area contributed by atoms with Crippen LogP contribution in [0.25, 0.3) is 12.2 Å². The third kappa shape index (κ3) is 6.36. The van der Waals surface area contributed by atoms with Crippen LogP contribution in [0.15, 0.2) is 91.3 Å². The topological polar surface area (TPSA) is 95.9 Å². The molecule has 0 aliphatic carbocycles. The molecule has 0 fully saturated rings. The van der Waals surface area contributed by atoms with Crippen LogP contribution >= 0.6 is 0 Å². The van der Waals surface area contributed by atoms with Crippen molar-refractivity contribution in [1.29, 1.82) is 0 Å². The normalized spacial score (nSPS) is 10.6. The summed E-state index contributed by atoms with van der Waals surface area (Å²) in [6, 6.07) is 26.0. The second kappa shape index (κ2) is 10.6. The molecular weight excluding hydrogens is 370 g/mol. The van der Waals surface area contributed by atoms with Crippen LogP contribution in [0.2, 0.25) is 0 Å². The standard InChI is InChI=1S/C14H14N2.C11H13N3/c15-13-9-8-12(10-14(13)16)7-6-11-4-2-1-3-5-11;12-8-10-2-4-11(5-3-10)9-14-7-1-6-13-14/h1-10H,15-16H2;1-7H,8-9,12H2. The zero-order chi connectivity index (χ0) is 21.2. The van der Waals surface area contributed by atoms with Crippen LogP contribution in [0.3, 0.4) is 0 Å². The van der Waals surface area contributed by atoms with E-state index in [0.717, 1.165) is 23.2 Å². The van der Waals surface area contributed by atoms with E-state index in [1.807, 2.05) is 65.5 Å². The first kappa shape index (κ1) is 20.9. The highest BCUT2D eigenvalue weighted by Gasteiger charge is 1.95. The molecule has 30 heavy (non-hydrogen) atoms. The van der Waals surface area contributed by atoms with E-state index < -0.39 is 0 Å². The Balaban J connectivity index is 0.000000172. The van der Waals surface area contributed by atoms with Gasteiger partial charge in [-0.05, 0) is 40.5 Å². The molecule has 0 spiro atoms. The molecule has 0 saturated heterocycles. The van der Waals surface area contributed by atoms with Gasteiger partial charge in [-0.2, -0.15) is 5.10 Å². The molecule has 0 saturated carbocycles. The van der Waals surface area contributed by atoms with Crippen molar-refractivity contribution in [2.24, 2.45) is 5.73 Å². The van der Waals surface area contributed by atoms with E-state index in [0.29, 0.717) is 17.9 Å². The van der Waals surface area contributed by atoms with Gasteiger partial charge >= 0.3 is 0 Å². The first-order chi connectivity index (χ1) is 14.6. The number of nitrogens with two attached hydrogens (primary N) is 3. The van der Waals surface area contributed by atoms with E-state index in [1.54, 1.807) is 6.20 Å². The van der Waals surface area contributed by atoms with Gasteiger partial charge in [0.05, 0.1) is 17.9 Å². The molecule has 6 N–H and O–H groups in total.